The average molecular weight is 433 g/mol. The van der Waals surface area contributed by atoms with E-state index in [1.807, 2.05) is 30.3 Å². The minimum Gasteiger partial charge on any atom is -0.468 e. The Bertz CT molecular complexity index is 1210. The summed E-state index contributed by atoms with van der Waals surface area (Å²) in [7, 11) is 1.31. The number of benzene rings is 2. The number of hydrogen-bond donors (Lipinski definition) is 0. The van der Waals surface area contributed by atoms with Crippen LogP contribution in [0.5, 0.6) is 0 Å². The van der Waals surface area contributed by atoms with Gasteiger partial charge in [0, 0.05) is 23.7 Å². The van der Waals surface area contributed by atoms with Crippen molar-refractivity contribution in [3.8, 4) is 0 Å². The highest BCUT2D eigenvalue weighted by atomic mass is 16.6. The predicted molar refractivity (Wildman–Crippen MR) is 117 cm³/mol. The molecule has 8 nitrogen and oxygen atoms in total. The first-order valence-electron chi connectivity index (χ1n) is 10.3. The molecule has 3 aromatic rings. The molecule has 1 aromatic heterocycles. The molecular formula is C24H23N3O5. The molecule has 0 radical (unpaired) electrons. The van der Waals surface area contributed by atoms with E-state index >= 15 is 0 Å². The number of aliphatic imine (C=N–C) groups is 1. The van der Waals surface area contributed by atoms with Crippen molar-refractivity contribution in [3.05, 3.63) is 70.9 Å². The van der Waals surface area contributed by atoms with Crippen molar-refractivity contribution in [1.29, 1.82) is 0 Å². The molecule has 0 N–H and O–H groups in total. The quantitative estimate of drug-likeness (QED) is 0.547. The topological polar surface area (TPSA) is 104 Å². The fourth-order valence-corrected chi connectivity index (χ4v) is 4.13. The van der Waals surface area contributed by atoms with Gasteiger partial charge in [-0.1, -0.05) is 42.5 Å². The van der Waals surface area contributed by atoms with Gasteiger partial charge in [0.2, 0.25) is 0 Å². The van der Waals surface area contributed by atoms with Gasteiger partial charge in [-0.05, 0) is 41.4 Å². The molecule has 0 amide bonds. The smallest absolute Gasteiger partial charge is 0.336 e. The second kappa shape index (κ2) is 9.13. The number of carbonyl (C=O) groups excluding carboxylic acids is 2. The third kappa shape index (κ3) is 4.03. The molecule has 2 atom stereocenters. The summed E-state index contributed by atoms with van der Waals surface area (Å²) in [6.45, 7) is 3.68. The summed E-state index contributed by atoms with van der Waals surface area (Å²) in [5, 5.41) is 7.90. The van der Waals surface area contributed by atoms with E-state index < -0.39 is 23.8 Å². The zero-order valence-corrected chi connectivity index (χ0v) is 18.1. The molecule has 8 heteroatoms. The molecule has 0 saturated carbocycles. The fourth-order valence-electron chi connectivity index (χ4n) is 4.13. The SMILES string of the molecule is COC(=O)C1C(C)=NC(C)=C(C(=O)OCCc2ccccc2)C1c1cccc2nonc12. The summed E-state index contributed by atoms with van der Waals surface area (Å²) in [6.07, 6.45) is 0.578. The minimum absolute atomic E-state index is 0.202. The van der Waals surface area contributed by atoms with Crippen LogP contribution in [0, 0.1) is 5.92 Å². The largest absolute Gasteiger partial charge is 0.468 e. The summed E-state index contributed by atoms with van der Waals surface area (Å²) in [6, 6.07) is 15.1. The van der Waals surface area contributed by atoms with E-state index in [4.69, 9.17) is 14.1 Å². The number of aromatic nitrogens is 2. The zero-order chi connectivity index (χ0) is 22.7. The molecule has 2 unspecified atom stereocenters. The molecule has 0 saturated heterocycles. The Morgan fingerprint density at radius 1 is 1.03 bits per heavy atom. The molecule has 1 aliphatic rings. The summed E-state index contributed by atoms with van der Waals surface area (Å²) in [4.78, 5) is 30.5. The number of ether oxygens (including phenoxy) is 2. The Hall–Kier alpha value is -3.81. The average Bonchev–Trinajstić information content (AvgIpc) is 3.28. The molecule has 32 heavy (non-hydrogen) atoms. The second-order valence-electron chi connectivity index (χ2n) is 7.58. The lowest BCUT2D eigenvalue weighted by Crippen LogP contribution is -2.36. The highest BCUT2D eigenvalue weighted by Crippen LogP contribution is 2.42. The Balaban J connectivity index is 1.71. The van der Waals surface area contributed by atoms with Crippen LogP contribution in [-0.4, -0.2) is 41.7 Å². The zero-order valence-electron chi connectivity index (χ0n) is 18.1. The van der Waals surface area contributed by atoms with Gasteiger partial charge in [-0.25, -0.2) is 9.42 Å². The maximum absolute atomic E-state index is 13.3. The van der Waals surface area contributed by atoms with Gasteiger partial charge in [0.25, 0.3) is 0 Å². The first kappa shape index (κ1) is 21.4. The summed E-state index contributed by atoms with van der Waals surface area (Å²) >= 11 is 0. The summed E-state index contributed by atoms with van der Waals surface area (Å²) in [5.41, 5.74) is 4.03. The highest BCUT2D eigenvalue weighted by Gasteiger charge is 2.43. The monoisotopic (exact) mass is 433 g/mol. The normalized spacial score (nSPS) is 18.4. The molecule has 2 aromatic carbocycles. The summed E-state index contributed by atoms with van der Waals surface area (Å²) < 4.78 is 15.6. The first-order valence-corrected chi connectivity index (χ1v) is 10.3. The van der Waals surface area contributed by atoms with Gasteiger partial charge in [0.05, 0.1) is 19.3 Å². The Kier molecular flexibility index (Phi) is 6.11. The van der Waals surface area contributed by atoms with Crippen LogP contribution >= 0.6 is 0 Å². The minimum atomic E-state index is -0.803. The van der Waals surface area contributed by atoms with Crippen LogP contribution in [0.25, 0.3) is 11.0 Å². The second-order valence-corrected chi connectivity index (χ2v) is 7.58. The van der Waals surface area contributed by atoms with Gasteiger partial charge in [0.1, 0.15) is 17.0 Å². The lowest BCUT2D eigenvalue weighted by Gasteiger charge is -2.31. The number of rotatable bonds is 6. The molecule has 0 aliphatic carbocycles. The van der Waals surface area contributed by atoms with Crippen LogP contribution in [-0.2, 0) is 25.5 Å². The number of carbonyl (C=O) groups is 2. The van der Waals surface area contributed by atoms with Gasteiger partial charge in [-0.3, -0.25) is 9.79 Å². The maximum atomic E-state index is 13.3. The molecule has 4 rings (SSSR count). The number of esters is 2. The van der Waals surface area contributed by atoms with Crippen molar-refractivity contribution >= 4 is 28.7 Å². The van der Waals surface area contributed by atoms with Crippen LogP contribution in [0.1, 0.15) is 30.9 Å². The highest BCUT2D eigenvalue weighted by molar-refractivity contribution is 6.07. The Morgan fingerprint density at radius 3 is 2.56 bits per heavy atom. The number of methoxy groups -OCH3 is 1. The fraction of sp³-hybridized carbons (Fsp3) is 0.292. The maximum Gasteiger partial charge on any atom is 0.336 e. The molecule has 0 fully saturated rings. The summed E-state index contributed by atoms with van der Waals surface area (Å²) in [5.74, 6) is -2.52. The van der Waals surface area contributed by atoms with Crippen molar-refractivity contribution in [2.45, 2.75) is 26.2 Å². The Labute approximate surface area is 184 Å². The standard InChI is InChI=1S/C24H23N3O5/c1-14-19(23(28)30-3)21(17-10-7-11-18-22(17)27-32-26-18)20(15(2)25-14)24(29)31-13-12-16-8-5-4-6-9-16/h4-11,19,21H,12-13H2,1-3H3. The van der Waals surface area contributed by atoms with Gasteiger partial charge in [0.15, 0.2) is 0 Å². The third-order valence-corrected chi connectivity index (χ3v) is 5.62. The van der Waals surface area contributed by atoms with Gasteiger partial charge >= 0.3 is 11.9 Å². The number of fused-ring (bicyclic) bond motifs is 1. The van der Waals surface area contributed by atoms with E-state index in [-0.39, 0.29) is 6.61 Å². The van der Waals surface area contributed by atoms with E-state index in [2.05, 4.69) is 15.3 Å². The molecule has 0 spiro atoms. The van der Waals surface area contributed by atoms with Gasteiger partial charge in [-0.15, -0.1) is 0 Å². The van der Waals surface area contributed by atoms with Crippen molar-refractivity contribution < 1.29 is 23.7 Å². The molecular weight excluding hydrogens is 410 g/mol. The van der Waals surface area contributed by atoms with Crippen LogP contribution in [0.15, 0.2) is 69.4 Å². The number of hydrogen-bond acceptors (Lipinski definition) is 8. The number of allylic oxidation sites excluding steroid dienone is 1. The van der Waals surface area contributed by atoms with E-state index in [1.165, 1.54) is 7.11 Å². The molecule has 2 heterocycles. The van der Waals surface area contributed by atoms with E-state index in [9.17, 15) is 9.59 Å². The van der Waals surface area contributed by atoms with Crippen LogP contribution in [0.2, 0.25) is 0 Å². The predicted octanol–water partition coefficient (Wildman–Crippen LogP) is 3.63. The van der Waals surface area contributed by atoms with E-state index in [1.54, 1.807) is 32.0 Å². The molecule has 164 valence electrons. The van der Waals surface area contributed by atoms with Crippen LogP contribution < -0.4 is 0 Å². The van der Waals surface area contributed by atoms with E-state index in [0.717, 1.165) is 5.56 Å². The van der Waals surface area contributed by atoms with Crippen molar-refractivity contribution in [2.75, 3.05) is 13.7 Å². The van der Waals surface area contributed by atoms with Crippen LogP contribution in [0.3, 0.4) is 0 Å². The third-order valence-electron chi connectivity index (χ3n) is 5.62. The number of nitrogens with zero attached hydrogens (tertiary/aromatic N) is 3. The molecule has 1 aliphatic heterocycles. The van der Waals surface area contributed by atoms with Crippen molar-refractivity contribution in [3.63, 3.8) is 0 Å². The lowest BCUT2D eigenvalue weighted by molar-refractivity contribution is -0.144. The Morgan fingerprint density at radius 2 is 1.81 bits per heavy atom. The lowest BCUT2D eigenvalue weighted by atomic mass is 9.75. The first-order chi connectivity index (χ1) is 15.5. The van der Waals surface area contributed by atoms with E-state index in [0.29, 0.717) is 40.0 Å². The van der Waals surface area contributed by atoms with Crippen LogP contribution in [0.4, 0.5) is 0 Å². The van der Waals surface area contributed by atoms with Gasteiger partial charge < -0.3 is 9.47 Å². The molecule has 0 bridgehead atoms. The van der Waals surface area contributed by atoms with Crippen molar-refractivity contribution in [1.82, 2.24) is 10.3 Å². The van der Waals surface area contributed by atoms with Gasteiger partial charge in [-0.2, -0.15) is 0 Å². The van der Waals surface area contributed by atoms with Crippen molar-refractivity contribution in [2.24, 2.45) is 10.9 Å².